The SMILES string of the molecule is CCCCC(CCC)C(P)(CCCC)CCCC.I. The first-order chi connectivity index (χ1) is 8.64. The van der Waals surface area contributed by atoms with Gasteiger partial charge in [0.15, 0.2) is 0 Å². The maximum atomic E-state index is 3.30. The lowest BCUT2D eigenvalue weighted by Crippen LogP contribution is -2.31. The molecular formula is C17H38IP. The minimum Gasteiger partial charge on any atom is -0.131 e. The summed E-state index contributed by atoms with van der Waals surface area (Å²) in [6.45, 7) is 9.33. The minimum absolute atomic E-state index is 0. The zero-order valence-corrected chi connectivity index (χ0v) is 17.3. The molecule has 0 aliphatic carbocycles. The Kier molecular flexibility index (Phi) is 16.7. The number of rotatable bonds is 12. The van der Waals surface area contributed by atoms with E-state index in [9.17, 15) is 0 Å². The van der Waals surface area contributed by atoms with Gasteiger partial charge in [-0.3, -0.25) is 0 Å². The summed E-state index contributed by atoms with van der Waals surface area (Å²) in [4.78, 5) is 0. The van der Waals surface area contributed by atoms with E-state index in [1.54, 1.807) is 0 Å². The molecule has 0 nitrogen and oxygen atoms in total. The molecule has 0 rings (SSSR count). The number of halogens is 1. The summed E-state index contributed by atoms with van der Waals surface area (Å²) in [5, 5.41) is 0.539. The van der Waals surface area contributed by atoms with Crippen molar-refractivity contribution in [1.82, 2.24) is 0 Å². The van der Waals surface area contributed by atoms with Gasteiger partial charge in [-0.25, -0.2) is 0 Å². The van der Waals surface area contributed by atoms with Gasteiger partial charge >= 0.3 is 0 Å². The zero-order chi connectivity index (χ0) is 13.9. The van der Waals surface area contributed by atoms with Crippen LogP contribution in [0, 0.1) is 5.92 Å². The fourth-order valence-electron chi connectivity index (χ4n) is 3.06. The van der Waals surface area contributed by atoms with Gasteiger partial charge in [-0.05, 0) is 36.8 Å². The predicted octanol–water partition coefficient (Wildman–Crippen LogP) is 7.21. The molecule has 2 unspecified atom stereocenters. The van der Waals surface area contributed by atoms with E-state index in [1.807, 2.05) is 0 Å². The van der Waals surface area contributed by atoms with Crippen LogP contribution in [0.5, 0.6) is 0 Å². The Morgan fingerprint density at radius 1 is 0.737 bits per heavy atom. The molecule has 19 heavy (non-hydrogen) atoms. The van der Waals surface area contributed by atoms with Gasteiger partial charge in [0.1, 0.15) is 0 Å². The molecule has 118 valence electrons. The molecule has 0 radical (unpaired) electrons. The number of hydrogen-bond donors (Lipinski definition) is 0. The third-order valence-electron chi connectivity index (χ3n) is 4.35. The Morgan fingerprint density at radius 2 is 1.21 bits per heavy atom. The lowest BCUT2D eigenvalue weighted by atomic mass is 9.78. The fourth-order valence-corrected chi connectivity index (χ4v) is 3.80. The van der Waals surface area contributed by atoms with E-state index in [2.05, 4.69) is 36.9 Å². The van der Waals surface area contributed by atoms with Gasteiger partial charge in [-0.2, -0.15) is 0 Å². The van der Waals surface area contributed by atoms with Crippen LogP contribution in [-0.4, -0.2) is 5.16 Å². The maximum absolute atomic E-state index is 3.30. The van der Waals surface area contributed by atoms with Crippen LogP contribution >= 0.6 is 33.2 Å². The summed E-state index contributed by atoms with van der Waals surface area (Å²) in [6.07, 6.45) is 15.3. The van der Waals surface area contributed by atoms with Crippen molar-refractivity contribution in [2.24, 2.45) is 5.92 Å². The normalized spacial score (nSPS) is 13.1. The third kappa shape index (κ3) is 9.67. The van der Waals surface area contributed by atoms with Crippen LogP contribution in [0.2, 0.25) is 0 Å². The monoisotopic (exact) mass is 400 g/mol. The van der Waals surface area contributed by atoms with E-state index in [-0.39, 0.29) is 24.0 Å². The average molecular weight is 400 g/mol. The van der Waals surface area contributed by atoms with Crippen molar-refractivity contribution in [1.29, 1.82) is 0 Å². The van der Waals surface area contributed by atoms with Gasteiger partial charge in [0.2, 0.25) is 0 Å². The topological polar surface area (TPSA) is 0 Å². The molecule has 0 aromatic rings. The molecule has 0 saturated carbocycles. The van der Waals surface area contributed by atoms with E-state index in [0.717, 1.165) is 5.92 Å². The highest BCUT2D eigenvalue weighted by molar-refractivity contribution is 14.0. The summed E-state index contributed by atoms with van der Waals surface area (Å²) in [6, 6.07) is 0. The molecule has 0 aromatic carbocycles. The third-order valence-corrected chi connectivity index (χ3v) is 5.40. The van der Waals surface area contributed by atoms with Crippen molar-refractivity contribution in [2.45, 2.75) is 103 Å². The average Bonchev–Trinajstić information content (AvgIpc) is 2.38. The van der Waals surface area contributed by atoms with E-state index in [0.29, 0.717) is 5.16 Å². The molecule has 2 heteroatoms. The molecule has 0 saturated heterocycles. The molecule has 2 atom stereocenters. The van der Waals surface area contributed by atoms with E-state index < -0.39 is 0 Å². The first kappa shape index (κ1) is 22.4. The van der Waals surface area contributed by atoms with E-state index >= 15 is 0 Å². The van der Waals surface area contributed by atoms with E-state index in [4.69, 9.17) is 0 Å². The zero-order valence-electron chi connectivity index (χ0n) is 13.8. The van der Waals surface area contributed by atoms with Gasteiger partial charge < -0.3 is 0 Å². The first-order valence-electron chi connectivity index (χ1n) is 8.43. The highest BCUT2D eigenvalue weighted by atomic mass is 127. The van der Waals surface area contributed by atoms with E-state index in [1.165, 1.54) is 70.6 Å². The second kappa shape index (κ2) is 14.1. The first-order valence-corrected chi connectivity index (χ1v) is 9.01. The van der Waals surface area contributed by atoms with Crippen molar-refractivity contribution in [2.75, 3.05) is 0 Å². The Hall–Kier alpha value is 1.16. The van der Waals surface area contributed by atoms with Crippen LogP contribution in [-0.2, 0) is 0 Å². The highest BCUT2D eigenvalue weighted by Gasteiger charge is 2.31. The molecule has 0 aromatic heterocycles. The Bertz CT molecular complexity index is 174. The summed E-state index contributed by atoms with van der Waals surface area (Å²) >= 11 is 0. The van der Waals surface area contributed by atoms with Crippen molar-refractivity contribution >= 4 is 33.2 Å². The lowest BCUT2D eigenvalue weighted by molar-refractivity contribution is 0.280. The van der Waals surface area contributed by atoms with Crippen molar-refractivity contribution in [3.8, 4) is 0 Å². The standard InChI is InChI=1S/C17H37P.HI/c1-5-9-13-16(12-8-4)17(18,14-10-6-2)15-11-7-3;/h16H,5-15,18H2,1-4H3;1H. The second-order valence-electron chi connectivity index (χ2n) is 6.07. The van der Waals surface area contributed by atoms with Gasteiger partial charge in [0.25, 0.3) is 0 Å². The summed E-state index contributed by atoms with van der Waals surface area (Å²) in [7, 11) is 3.30. The number of hydrogen-bond acceptors (Lipinski definition) is 0. The molecule has 0 N–H and O–H groups in total. The smallest absolute Gasteiger partial charge is 0.0122 e. The molecule has 0 spiro atoms. The summed E-state index contributed by atoms with van der Waals surface area (Å²) < 4.78 is 0. The van der Waals surface area contributed by atoms with Crippen LogP contribution in [0.4, 0.5) is 0 Å². The van der Waals surface area contributed by atoms with Crippen LogP contribution in [0.1, 0.15) is 98.3 Å². The summed E-state index contributed by atoms with van der Waals surface area (Å²) in [5.74, 6) is 0.936. The van der Waals surface area contributed by atoms with Gasteiger partial charge in [-0.1, -0.05) is 72.6 Å². The molecule has 0 bridgehead atoms. The minimum atomic E-state index is 0. The van der Waals surface area contributed by atoms with Crippen LogP contribution in [0.25, 0.3) is 0 Å². The molecule has 0 heterocycles. The number of unbranched alkanes of at least 4 members (excludes halogenated alkanes) is 3. The summed E-state index contributed by atoms with van der Waals surface area (Å²) in [5.41, 5.74) is 0. The van der Waals surface area contributed by atoms with Crippen LogP contribution < -0.4 is 0 Å². The van der Waals surface area contributed by atoms with Gasteiger partial charge in [-0.15, -0.1) is 33.2 Å². The molecule has 0 fully saturated rings. The Balaban J connectivity index is 0. The van der Waals surface area contributed by atoms with Crippen molar-refractivity contribution in [3.63, 3.8) is 0 Å². The highest BCUT2D eigenvalue weighted by Crippen LogP contribution is 2.43. The quantitative estimate of drug-likeness (QED) is 0.240. The van der Waals surface area contributed by atoms with Crippen LogP contribution in [0.3, 0.4) is 0 Å². The lowest BCUT2D eigenvalue weighted by Gasteiger charge is -2.38. The van der Waals surface area contributed by atoms with Gasteiger partial charge in [0.05, 0.1) is 0 Å². The van der Waals surface area contributed by atoms with Crippen LogP contribution in [0.15, 0.2) is 0 Å². The Morgan fingerprint density at radius 3 is 1.58 bits per heavy atom. The largest absolute Gasteiger partial charge is 0.131 e. The maximum Gasteiger partial charge on any atom is -0.0122 e. The molecule has 0 aliphatic rings. The van der Waals surface area contributed by atoms with Crippen molar-refractivity contribution in [3.05, 3.63) is 0 Å². The van der Waals surface area contributed by atoms with Crippen molar-refractivity contribution < 1.29 is 0 Å². The molecule has 0 amide bonds. The fraction of sp³-hybridized carbons (Fsp3) is 1.00. The predicted molar refractivity (Wildman–Crippen MR) is 105 cm³/mol. The Labute approximate surface area is 142 Å². The molecular weight excluding hydrogens is 362 g/mol. The second-order valence-corrected chi connectivity index (χ2v) is 7.22. The molecule has 0 aliphatic heterocycles. The van der Waals surface area contributed by atoms with Gasteiger partial charge in [0, 0.05) is 0 Å².